The summed E-state index contributed by atoms with van der Waals surface area (Å²) in [6.07, 6.45) is 5.11. The molecule has 0 unspecified atom stereocenters. The fraction of sp³-hybridized carbons (Fsp3) is 0.733. The molecule has 0 bridgehead atoms. The van der Waals surface area contributed by atoms with Crippen LogP contribution in [-0.4, -0.2) is 16.5 Å². The molecule has 3 rings (SSSR count). The maximum Gasteiger partial charge on any atom is 0.225 e. The second-order valence-electron chi connectivity index (χ2n) is 6.54. The lowest BCUT2D eigenvalue weighted by Gasteiger charge is -2.25. The van der Waals surface area contributed by atoms with Crippen LogP contribution < -0.4 is 0 Å². The molecule has 18 heavy (non-hydrogen) atoms. The van der Waals surface area contributed by atoms with E-state index in [1.165, 1.54) is 17.6 Å². The minimum Gasteiger partial charge on any atom is -0.360 e. The van der Waals surface area contributed by atoms with Gasteiger partial charge in [-0.25, -0.2) is 4.89 Å². The molecule has 1 fully saturated rings. The van der Waals surface area contributed by atoms with Crippen molar-refractivity contribution in [2.24, 2.45) is 11.8 Å². The molecule has 1 aliphatic heterocycles. The summed E-state index contributed by atoms with van der Waals surface area (Å²) in [6, 6.07) is 0. The van der Waals surface area contributed by atoms with Gasteiger partial charge in [0.15, 0.2) is 0 Å². The van der Waals surface area contributed by atoms with Gasteiger partial charge in [-0.15, -0.1) is 0 Å². The van der Waals surface area contributed by atoms with E-state index in [1.807, 2.05) is 13.8 Å². The van der Waals surface area contributed by atoms with Crippen molar-refractivity contribution in [2.75, 3.05) is 0 Å². The summed E-state index contributed by atoms with van der Waals surface area (Å²) in [5.74, 6) is -0.317. The highest BCUT2D eigenvalue weighted by atomic mass is 17.2. The van der Waals surface area contributed by atoms with Gasteiger partial charge in [0.1, 0.15) is 5.60 Å². The summed E-state index contributed by atoms with van der Waals surface area (Å²) in [7, 11) is 0. The zero-order chi connectivity index (χ0) is 13.1. The lowest BCUT2D eigenvalue weighted by Crippen LogP contribution is -2.34. The third kappa shape index (κ3) is 1.61. The number of aliphatic hydroxyl groups is 1. The molecule has 0 radical (unpaired) electrons. The van der Waals surface area contributed by atoms with Gasteiger partial charge in [-0.1, -0.05) is 25.5 Å². The Morgan fingerprint density at radius 1 is 1.22 bits per heavy atom. The Morgan fingerprint density at radius 2 is 1.94 bits per heavy atom. The Kier molecular flexibility index (Phi) is 2.54. The van der Waals surface area contributed by atoms with E-state index in [0.717, 1.165) is 12.0 Å². The largest absolute Gasteiger partial charge is 0.360 e. The van der Waals surface area contributed by atoms with Crippen LogP contribution in [0.15, 0.2) is 22.8 Å². The van der Waals surface area contributed by atoms with Gasteiger partial charge < -0.3 is 5.11 Å². The van der Waals surface area contributed by atoms with Crippen LogP contribution in [-0.2, 0) is 9.78 Å². The number of hydrogen-bond acceptors (Lipinski definition) is 3. The van der Waals surface area contributed by atoms with E-state index in [1.54, 1.807) is 0 Å². The minimum absolute atomic E-state index is 0.348. The summed E-state index contributed by atoms with van der Waals surface area (Å²) in [5, 5.41) is 10.7. The van der Waals surface area contributed by atoms with E-state index < -0.39 is 11.4 Å². The monoisotopic (exact) mass is 250 g/mol. The Hall–Kier alpha value is -0.640. The predicted molar refractivity (Wildman–Crippen MR) is 68.5 cm³/mol. The molecule has 0 amide bonds. The molecule has 0 spiro atoms. The topological polar surface area (TPSA) is 38.7 Å². The molecule has 3 heteroatoms. The highest BCUT2D eigenvalue weighted by Crippen LogP contribution is 2.50. The molecule has 0 aromatic carbocycles. The van der Waals surface area contributed by atoms with Crippen LogP contribution in [0.4, 0.5) is 0 Å². The zero-order valence-electron chi connectivity index (χ0n) is 11.6. The molecule has 0 aromatic rings. The molecule has 1 heterocycles. The molecule has 1 saturated heterocycles. The van der Waals surface area contributed by atoms with Crippen molar-refractivity contribution >= 4 is 0 Å². The van der Waals surface area contributed by atoms with E-state index in [2.05, 4.69) is 19.9 Å². The predicted octanol–water partition coefficient (Wildman–Crippen LogP) is 3.11. The summed E-state index contributed by atoms with van der Waals surface area (Å²) >= 11 is 0. The van der Waals surface area contributed by atoms with Crippen molar-refractivity contribution in [3.8, 4) is 0 Å². The average Bonchev–Trinajstić information content (AvgIpc) is 2.69. The van der Waals surface area contributed by atoms with Crippen LogP contribution >= 0.6 is 0 Å². The summed E-state index contributed by atoms with van der Waals surface area (Å²) < 4.78 is 0. The summed E-state index contributed by atoms with van der Waals surface area (Å²) in [4.78, 5) is 10.6. The van der Waals surface area contributed by atoms with Gasteiger partial charge in [-0.3, -0.25) is 0 Å². The van der Waals surface area contributed by atoms with Gasteiger partial charge in [0.05, 0.1) is 0 Å². The molecule has 0 aromatic heterocycles. The van der Waals surface area contributed by atoms with E-state index >= 15 is 0 Å². The van der Waals surface area contributed by atoms with Crippen LogP contribution in [0.3, 0.4) is 0 Å². The maximum absolute atomic E-state index is 10.7. The summed E-state index contributed by atoms with van der Waals surface area (Å²) in [6.45, 7) is 8.34. The first-order valence-corrected chi connectivity index (χ1v) is 6.88. The third-order valence-corrected chi connectivity index (χ3v) is 4.68. The highest BCUT2D eigenvalue weighted by Gasteiger charge is 2.53. The molecular weight excluding hydrogens is 228 g/mol. The maximum atomic E-state index is 10.7. The van der Waals surface area contributed by atoms with Gasteiger partial charge in [0, 0.05) is 12.0 Å². The first kappa shape index (κ1) is 12.4. The highest BCUT2D eigenvalue weighted by molar-refractivity contribution is 5.43. The van der Waals surface area contributed by atoms with E-state index in [0.29, 0.717) is 18.3 Å². The van der Waals surface area contributed by atoms with Crippen molar-refractivity contribution in [3.63, 3.8) is 0 Å². The average molecular weight is 250 g/mol. The van der Waals surface area contributed by atoms with Gasteiger partial charge in [0.2, 0.25) is 5.79 Å². The van der Waals surface area contributed by atoms with Crippen molar-refractivity contribution in [3.05, 3.63) is 22.8 Å². The molecule has 1 N–H and O–H groups in total. The second kappa shape index (κ2) is 3.69. The fourth-order valence-electron chi connectivity index (χ4n) is 3.61. The summed E-state index contributed by atoms with van der Waals surface area (Å²) in [5.41, 5.74) is 3.23. The lowest BCUT2D eigenvalue weighted by molar-refractivity contribution is -0.390. The van der Waals surface area contributed by atoms with Gasteiger partial charge >= 0.3 is 0 Å². The Morgan fingerprint density at radius 3 is 2.67 bits per heavy atom. The number of fused-ring (bicyclic) bond motifs is 1. The van der Waals surface area contributed by atoms with Crippen LogP contribution in [0.1, 0.15) is 47.0 Å². The van der Waals surface area contributed by atoms with Crippen molar-refractivity contribution in [1.82, 2.24) is 0 Å². The Balaban J connectivity index is 2.12. The first-order valence-electron chi connectivity index (χ1n) is 6.88. The minimum atomic E-state index is -1.24. The van der Waals surface area contributed by atoms with E-state index in [9.17, 15) is 5.11 Å². The standard InChI is InChI=1S/C15H22O3/c1-9-5-6-11-10(2)8-15(16)13(7-12(9)11)14(3,4)17-18-15/h7,9-10,16H,5-6,8H2,1-4H3/t9-,10-,15+/m1/s1. The third-order valence-electron chi connectivity index (χ3n) is 4.68. The van der Waals surface area contributed by atoms with Gasteiger partial charge in [-0.05, 0) is 44.1 Å². The molecule has 3 atom stereocenters. The molecule has 0 saturated carbocycles. The van der Waals surface area contributed by atoms with Crippen molar-refractivity contribution < 1.29 is 14.9 Å². The zero-order valence-corrected chi connectivity index (χ0v) is 11.6. The van der Waals surface area contributed by atoms with Gasteiger partial charge in [-0.2, -0.15) is 4.89 Å². The fourth-order valence-corrected chi connectivity index (χ4v) is 3.61. The van der Waals surface area contributed by atoms with Crippen LogP contribution in [0.2, 0.25) is 0 Å². The molecular formula is C15H22O3. The van der Waals surface area contributed by atoms with Crippen LogP contribution in [0.5, 0.6) is 0 Å². The Bertz CT molecular complexity index is 447. The van der Waals surface area contributed by atoms with Gasteiger partial charge in [0.25, 0.3) is 0 Å². The number of hydrogen-bond donors (Lipinski definition) is 1. The normalized spacial score (nSPS) is 42.4. The van der Waals surface area contributed by atoms with Crippen molar-refractivity contribution in [1.29, 1.82) is 0 Å². The number of allylic oxidation sites excluding steroid dienone is 3. The number of rotatable bonds is 0. The quantitative estimate of drug-likeness (QED) is 0.671. The van der Waals surface area contributed by atoms with Crippen LogP contribution in [0, 0.1) is 11.8 Å². The smallest absolute Gasteiger partial charge is 0.225 e. The van der Waals surface area contributed by atoms with E-state index in [4.69, 9.17) is 9.78 Å². The van der Waals surface area contributed by atoms with Crippen molar-refractivity contribution in [2.45, 2.75) is 58.3 Å². The first-order chi connectivity index (χ1) is 8.33. The molecule has 100 valence electrons. The van der Waals surface area contributed by atoms with E-state index in [-0.39, 0.29) is 0 Å². The lowest BCUT2D eigenvalue weighted by atomic mass is 9.86. The second-order valence-corrected chi connectivity index (χ2v) is 6.54. The Labute approximate surface area is 108 Å². The SMILES string of the molecule is C[C@@H]1CCC2=C1C=C1C(C)(C)OO[C@@]1(O)C[C@H]2C. The molecule has 3 nitrogen and oxygen atoms in total. The van der Waals surface area contributed by atoms with Crippen LogP contribution in [0.25, 0.3) is 0 Å². The molecule has 2 aliphatic carbocycles. The molecule has 3 aliphatic rings.